The number of aryl methyl sites for hydroxylation is 1. The Kier molecular flexibility index (Phi) is 8.85. The molecule has 0 aliphatic heterocycles. The molecule has 6 nitrogen and oxygen atoms in total. The Labute approximate surface area is 167 Å². The number of hydrogen-bond acceptors (Lipinski definition) is 3. The van der Waals surface area contributed by atoms with Crippen LogP contribution < -0.4 is 20.7 Å². The Morgan fingerprint density at radius 1 is 1.04 bits per heavy atom. The number of nitrogens with one attached hydrogen (secondary N) is 3. The second kappa shape index (κ2) is 11.6. The minimum Gasteiger partial charge on any atom is -0.496 e. The standard InChI is InChI=1S/C22H30N4O2/c1-4-23-22(26-16-19-12-11-17(2)15-20(19)28-3)25-14-8-13-24-21(27)18-9-6-5-7-10-18/h5-7,9-12,15H,4,8,13-14,16H2,1-3H3,(H,24,27)(H2,23,25,26). The lowest BCUT2D eigenvalue weighted by Crippen LogP contribution is -2.38. The zero-order valence-corrected chi connectivity index (χ0v) is 16.9. The van der Waals surface area contributed by atoms with Crippen LogP contribution in [-0.2, 0) is 6.54 Å². The van der Waals surface area contributed by atoms with Crippen molar-refractivity contribution in [3.05, 3.63) is 65.2 Å². The molecule has 2 rings (SSSR count). The van der Waals surface area contributed by atoms with Crippen molar-refractivity contribution in [3.63, 3.8) is 0 Å². The van der Waals surface area contributed by atoms with Gasteiger partial charge in [-0.05, 0) is 44.0 Å². The number of rotatable bonds is 9. The highest BCUT2D eigenvalue weighted by atomic mass is 16.5. The van der Waals surface area contributed by atoms with E-state index in [1.54, 1.807) is 7.11 Å². The van der Waals surface area contributed by atoms with Gasteiger partial charge in [0.2, 0.25) is 0 Å². The highest BCUT2D eigenvalue weighted by Crippen LogP contribution is 2.20. The summed E-state index contributed by atoms with van der Waals surface area (Å²) in [6.45, 7) is 6.70. The summed E-state index contributed by atoms with van der Waals surface area (Å²) in [7, 11) is 1.68. The van der Waals surface area contributed by atoms with Gasteiger partial charge in [-0.2, -0.15) is 0 Å². The molecule has 3 N–H and O–H groups in total. The SMILES string of the molecule is CCNC(=NCc1ccc(C)cc1OC)NCCCNC(=O)c1ccccc1. The zero-order valence-electron chi connectivity index (χ0n) is 16.9. The number of carbonyl (C=O) groups excluding carboxylic acids is 1. The van der Waals surface area contributed by atoms with Crippen molar-refractivity contribution in [2.75, 3.05) is 26.7 Å². The molecule has 2 aromatic carbocycles. The number of methoxy groups -OCH3 is 1. The van der Waals surface area contributed by atoms with Crippen molar-refractivity contribution < 1.29 is 9.53 Å². The second-order valence-corrected chi connectivity index (χ2v) is 6.41. The van der Waals surface area contributed by atoms with E-state index in [4.69, 9.17) is 4.74 Å². The largest absolute Gasteiger partial charge is 0.496 e. The molecule has 0 unspecified atom stereocenters. The van der Waals surface area contributed by atoms with E-state index in [0.29, 0.717) is 25.2 Å². The van der Waals surface area contributed by atoms with Crippen LogP contribution in [-0.4, -0.2) is 38.6 Å². The van der Waals surface area contributed by atoms with Gasteiger partial charge in [-0.1, -0.05) is 30.3 Å². The monoisotopic (exact) mass is 382 g/mol. The molecule has 6 heteroatoms. The number of guanidine groups is 1. The van der Waals surface area contributed by atoms with E-state index in [1.807, 2.05) is 56.3 Å². The Balaban J connectivity index is 1.79. The highest BCUT2D eigenvalue weighted by Gasteiger charge is 2.05. The van der Waals surface area contributed by atoms with Crippen molar-refractivity contribution in [2.24, 2.45) is 4.99 Å². The van der Waals surface area contributed by atoms with Crippen LogP contribution in [0.2, 0.25) is 0 Å². The summed E-state index contributed by atoms with van der Waals surface area (Å²) in [5.41, 5.74) is 2.88. The molecule has 150 valence electrons. The van der Waals surface area contributed by atoms with Gasteiger partial charge in [0, 0.05) is 30.8 Å². The van der Waals surface area contributed by atoms with Crippen molar-refractivity contribution in [1.82, 2.24) is 16.0 Å². The van der Waals surface area contributed by atoms with Crippen molar-refractivity contribution >= 4 is 11.9 Å². The van der Waals surface area contributed by atoms with E-state index >= 15 is 0 Å². The fraction of sp³-hybridized carbons (Fsp3) is 0.364. The molecule has 0 radical (unpaired) electrons. The van der Waals surface area contributed by atoms with Gasteiger partial charge < -0.3 is 20.7 Å². The van der Waals surface area contributed by atoms with E-state index < -0.39 is 0 Å². The van der Waals surface area contributed by atoms with Crippen molar-refractivity contribution in [3.8, 4) is 5.75 Å². The second-order valence-electron chi connectivity index (χ2n) is 6.41. The number of hydrogen-bond donors (Lipinski definition) is 3. The molecule has 0 fully saturated rings. The molecule has 0 bridgehead atoms. The zero-order chi connectivity index (χ0) is 20.2. The van der Waals surface area contributed by atoms with Gasteiger partial charge in [-0.3, -0.25) is 4.79 Å². The van der Waals surface area contributed by atoms with Crippen LogP contribution in [0.15, 0.2) is 53.5 Å². The minimum absolute atomic E-state index is 0.0485. The lowest BCUT2D eigenvalue weighted by molar-refractivity contribution is 0.0953. The van der Waals surface area contributed by atoms with Gasteiger partial charge in [0.1, 0.15) is 5.75 Å². The first-order valence-corrected chi connectivity index (χ1v) is 9.63. The number of aliphatic imine (C=N–C) groups is 1. The lowest BCUT2D eigenvalue weighted by atomic mass is 10.1. The molecule has 1 amide bonds. The van der Waals surface area contributed by atoms with Crippen LogP contribution in [0.25, 0.3) is 0 Å². The summed E-state index contributed by atoms with van der Waals surface area (Å²) in [6, 6.07) is 15.3. The smallest absolute Gasteiger partial charge is 0.251 e. The number of carbonyl (C=O) groups is 1. The van der Waals surface area contributed by atoms with Crippen molar-refractivity contribution in [2.45, 2.75) is 26.8 Å². The van der Waals surface area contributed by atoms with Crippen LogP contribution in [0.5, 0.6) is 5.75 Å². The van der Waals surface area contributed by atoms with Crippen molar-refractivity contribution in [1.29, 1.82) is 0 Å². The minimum atomic E-state index is -0.0485. The summed E-state index contributed by atoms with van der Waals surface area (Å²) in [5, 5.41) is 9.47. The fourth-order valence-electron chi connectivity index (χ4n) is 2.68. The highest BCUT2D eigenvalue weighted by molar-refractivity contribution is 5.94. The van der Waals surface area contributed by atoms with E-state index in [1.165, 1.54) is 0 Å². The predicted octanol–water partition coefficient (Wildman–Crippen LogP) is 2.88. The average molecular weight is 383 g/mol. The Hall–Kier alpha value is -3.02. The topological polar surface area (TPSA) is 74.8 Å². The maximum atomic E-state index is 12.0. The van der Waals surface area contributed by atoms with Gasteiger partial charge >= 0.3 is 0 Å². The molecule has 0 aliphatic carbocycles. The maximum Gasteiger partial charge on any atom is 0.251 e. The van der Waals surface area contributed by atoms with Crippen LogP contribution in [0.3, 0.4) is 0 Å². The quantitative estimate of drug-likeness (QED) is 0.354. The average Bonchev–Trinajstić information content (AvgIpc) is 2.72. The first-order valence-electron chi connectivity index (χ1n) is 9.63. The van der Waals surface area contributed by atoms with E-state index in [0.717, 1.165) is 35.8 Å². The summed E-state index contributed by atoms with van der Waals surface area (Å²) in [6.07, 6.45) is 0.802. The summed E-state index contributed by atoms with van der Waals surface area (Å²) in [4.78, 5) is 16.6. The summed E-state index contributed by atoms with van der Waals surface area (Å²) < 4.78 is 5.44. The number of ether oxygens (including phenoxy) is 1. The molecule has 0 aliphatic rings. The molecule has 0 aromatic heterocycles. The van der Waals surface area contributed by atoms with Gasteiger partial charge in [-0.25, -0.2) is 4.99 Å². The third kappa shape index (κ3) is 6.95. The van der Waals surface area contributed by atoms with Crippen LogP contribution >= 0.6 is 0 Å². The van der Waals surface area contributed by atoms with Gasteiger partial charge in [-0.15, -0.1) is 0 Å². The third-order valence-electron chi connectivity index (χ3n) is 4.16. The summed E-state index contributed by atoms with van der Waals surface area (Å²) in [5.74, 6) is 1.55. The molecule has 0 atom stereocenters. The Bertz CT molecular complexity index is 775. The molecule has 0 saturated heterocycles. The normalized spacial score (nSPS) is 11.0. The van der Waals surface area contributed by atoms with E-state index in [2.05, 4.69) is 27.0 Å². The Morgan fingerprint density at radius 3 is 2.50 bits per heavy atom. The number of benzene rings is 2. The van der Waals surface area contributed by atoms with E-state index in [9.17, 15) is 4.79 Å². The van der Waals surface area contributed by atoms with E-state index in [-0.39, 0.29) is 5.91 Å². The lowest BCUT2D eigenvalue weighted by Gasteiger charge is -2.13. The Morgan fingerprint density at radius 2 is 1.79 bits per heavy atom. The number of nitrogens with zero attached hydrogens (tertiary/aromatic N) is 1. The van der Waals surface area contributed by atoms with Crippen LogP contribution in [0, 0.1) is 6.92 Å². The maximum absolute atomic E-state index is 12.0. The molecule has 2 aromatic rings. The van der Waals surface area contributed by atoms with Crippen LogP contribution in [0.1, 0.15) is 34.8 Å². The van der Waals surface area contributed by atoms with Gasteiger partial charge in [0.25, 0.3) is 5.91 Å². The third-order valence-corrected chi connectivity index (χ3v) is 4.16. The molecular weight excluding hydrogens is 352 g/mol. The first-order chi connectivity index (χ1) is 13.6. The van der Waals surface area contributed by atoms with Crippen LogP contribution in [0.4, 0.5) is 0 Å². The molecule has 0 spiro atoms. The summed E-state index contributed by atoms with van der Waals surface area (Å²) >= 11 is 0. The number of amides is 1. The predicted molar refractivity (Wildman–Crippen MR) is 114 cm³/mol. The molecule has 28 heavy (non-hydrogen) atoms. The van der Waals surface area contributed by atoms with Gasteiger partial charge in [0.15, 0.2) is 5.96 Å². The fourth-order valence-corrected chi connectivity index (χ4v) is 2.68. The molecular formula is C22H30N4O2. The first kappa shape index (κ1) is 21.3. The van der Waals surface area contributed by atoms with Gasteiger partial charge in [0.05, 0.1) is 13.7 Å². The molecule has 0 saturated carbocycles. The molecule has 0 heterocycles.